The van der Waals surface area contributed by atoms with Crippen molar-refractivity contribution in [2.45, 2.75) is 32.2 Å². The molecule has 2 nitrogen and oxygen atoms in total. The highest BCUT2D eigenvalue weighted by molar-refractivity contribution is 7.12. The predicted octanol–water partition coefficient (Wildman–Crippen LogP) is 2.83. The molecule has 1 heterocycles. The Hall–Kier alpha value is -0.850. The van der Waals surface area contributed by atoms with Gasteiger partial charge in [-0.05, 0) is 24.6 Å². The molecule has 0 bridgehead atoms. The van der Waals surface area contributed by atoms with E-state index in [0.29, 0.717) is 0 Å². The second-order valence-electron chi connectivity index (χ2n) is 4.30. The molecule has 1 aromatic rings. The summed E-state index contributed by atoms with van der Waals surface area (Å²) >= 11 is 1.71. The molecule has 76 valence electrons. The molecule has 1 rings (SSSR count). The number of nitrogens with zero attached hydrogens (tertiary/aromatic N) is 1. The summed E-state index contributed by atoms with van der Waals surface area (Å²) in [4.78, 5) is 2.42. The van der Waals surface area contributed by atoms with Crippen molar-refractivity contribution in [3.63, 3.8) is 0 Å². The summed E-state index contributed by atoms with van der Waals surface area (Å²) in [6.07, 6.45) is 0. The van der Waals surface area contributed by atoms with Crippen molar-refractivity contribution in [3.8, 4) is 6.07 Å². The Kier molecular flexibility index (Phi) is 3.30. The summed E-state index contributed by atoms with van der Waals surface area (Å²) in [6, 6.07) is 6.21. The van der Waals surface area contributed by atoms with Crippen LogP contribution in [0.1, 0.15) is 36.6 Å². The first-order valence-electron chi connectivity index (χ1n) is 4.66. The van der Waals surface area contributed by atoms with Crippen molar-refractivity contribution in [3.05, 3.63) is 21.9 Å². The molecule has 3 heteroatoms. The molecule has 1 N–H and O–H groups in total. The van der Waals surface area contributed by atoms with E-state index in [0.717, 1.165) is 4.88 Å². The third-order valence-corrected chi connectivity index (χ3v) is 3.64. The highest BCUT2D eigenvalue weighted by Gasteiger charge is 2.18. The fourth-order valence-corrected chi connectivity index (χ4v) is 2.30. The van der Waals surface area contributed by atoms with E-state index in [1.807, 2.05) is 13.1 Å². The van der Waals surface area contributed by atoms with Gasteiger partial charge in [0.2, 0.25) is 0 Å². The normalized spacial score (nSPS) is 13.6. The summed E-state index contributed by atoms with van der Waals surface area (Å²) in [7, 11) is 1.81. The molecule has 1 unspecified atom stereocenters. The SMILES string of the molecule is CNC(C#N)c1ccc(C(C)(C)C)s1. The van der Waals surface area contributed by atoms with Gasteiger partial charge >= 0.3 is 0 Å². The predicted molar refractivity (Wildman–Crippen MR) is 60.4 cm³/mol. The van der Waals surface area contributed by atoms with Crippen molar-refractivity contribution in [1.29, 1.82) is 5.26 Å². The zero-order chi connectivity index (χ0) is 10.8. The van der Waals surface area contributed by atoms with Crippen molar-refractivity contribution >= 4 is 11.3 Å². The lowest BCUT2D eigenvalue weighted by Gasteiger charge is -2.15. The minimum absolute atomic E-state index is 0.170. The molecule has 0 saturated carbocycles. The third kappa shape index (κ3) is 2.34. The highest BCUT2D eigenvalue weighted by atomic mass is 32.1. The van der Waals surface area contributed by atoms with E-state index in [1.165, 1.54) is 4.88 Å². The summed E-state index contributed by atoms with van der Waals surface area (Å²) in [6.45, 7) is 6.55. The molecule has 0 aromatic carbocycles. The fraction of sp³-hybridized carbons (Fsp3) is 0.545. The molecule has 14 heavy (non-hydrogen) atoms. The molecular weight excluding hydrogens is 192 g/mol. The lowest BCUT2D eigenvalue weighted by molar-refractivity contribution is 0.604. The van der Waals surface area contributed by atoms with E-state index in [-0.39, 0.29) is 11.5 Å². The first-order chi connectivity index (χ1) is 6.49. The molecule has 0 aliphatic heterocycles. The second kappa shape index (κ2) is 4.12. The lowest BCUT2D eigenvalue weighted by Crippen LogP contribution is -2.12. The number of hydrogen-bond donors (Lipinski definition) is 1. The maximum Gasteiger partial charge on any atom is 0.130 e. The van der Waals surface area contributed by atoms with Crippen LogP contribution in [0.2, 0.25) is 0 Å². The van der Waals surface area contributed by atoms with Gasteiger partial charge in [0.15, 0.2) is 0 Å². The summed E-state index contributed by atoms with van der Waals surface area (Å²) in [5, 5.41) is 11.9. The van der Waals surface area contributed by atoms with E-state index in [9.17, 15) is 0 Å². The Balaban J connectivity index is 2.94. The van der Waals surface area contributed by atoms with E-state index in [2.05, 4.69) is 38.2 Å². The molecule has 1 atom stereocenters. The van der Waals surface area contributed by atoms with Gasteiger partial charge in [-0.1, -0.05) is 20.8 Å². The number of nitrogens with one attached hydrogen (secondary N) is 1. The Bertz CT molecular complexity index is 341. The average molecular weight is 208 g/mol. The van der Waals surface area contributed by atoms with Crippen LogP contribution in [0.3, 0.4) is 0 Å². The van der Waals surface area contributed by atoms with Crippen LogP contribution in [0, 0.1) is 11.3 Å². The third-order valence-electron chi connectivity index (χ3n) is 2.07. The van der Waals surface area contributed by atoms with Gasteiger partial charge in [0.05, 0.1) is 6.07 Å². The van der Waals surface area contributed by atoms with Crippen molar-refractivity contribution in [1.82, 2.24) is 5.32 Å². The average Bonchev–Trinajstić information content (AvgIpc) is 2.54. The fourth-order valence-electron chi connectivity index (χ4n) is 1.18. The topological polar surface area (TPSA) is 35.8 Å². The van der Waals surface area contributed by atoms with Crippen LogP contribution < -0.4 is 5.32 Å². The molecule has 0 spiro atoms. The Morgan fingerprint density at radius 3 is 2.43 bits per heavy atom. The number of hydrogen-bond acceptors (Lipinski definition) is 3. The van der Waals surface area contributed by atoms with Crippen LogP contribution in [-0.2, 0) is 5.41 Å². The van der Waals surface area contributed by atoms with Crippen LogP contribution in [-0.4, -0.2) is 7.05 Å². The number of nitriles is 1. The van der Waals surface area contributed by atoms with Gasteiger partial charge in [0, 0.05) is 9.75 Å². The maximum absolute atomic E-state index is 8.89. The van der Waals surface area contributed by atoms with E-state index in [4.69, 9.17) is 5.26 Å². The van der Waals surface area contributed by atoms with Gasteiger partial charge in [-0.15, -0.1) is 11.3 Å². The van der Waals surface area contributed by atoms with Gasteiger partial charge in [0.1, 0.15) is 6.04 Å². The molecule has 0 saturated heterocycles. The van der Waals surface area contributed by atoms with Crippen molar-refractivity contribution < 1.29 is 0 Å². The second-order valence-corrected chi connectivity index (χ2v) is 5.42. The Morgan fingerprint density at radius 1 is 1.43 bits per heavy atom. The monoisotopic (exact) mass is 208 g/mol. The van der Waals surface area contributed by atoms with Crippen molar-refractivity contribution in [2.75, 3.05) is 7.05 Å². The van der Waals surface area contributed by atoms with E-state index >= 15 is 0 Å². The summed E-state index contributed by atoms with van der Waals surface area (Å²) in [5.41, 5.74) is 0.177. The number of thiophene rings is 1. The Morgan fingerprint density at radius 2 is 2.07 bits per heavy atom. The zero-order valence-corrected chi connectivity index (χ0v) is 9.90. The van der Waals surface area contributed by atoms with E-state index in [1.54, 1.807) is 11.3 Å². The van der Waals surface area contributed by atoms with Gasteiger partial charge in [-0.3, -0.25) is 0 Å². The van der Waals surface area contributed by atoms with Gasteiger partial charge < -0.3 is 5.32 Å². The maximum atomic E-state index is 8.89. The van der Waals surface area contributed by atoms with Gasteiger partial charge in [-0.2, -0.15) is 5.26 Å². The summed E-state index contributed by atoms with van der Waals surface area (Å²) in [5.74, 6) is 0. The molecular formula is C11H16N2S. The van der Waals surface area contributed by atoms with Gasteiger partial charge in [-0.25, -0.2) is 0 Å². The Labute approximate surface area is 89.6 Å². The van der Waals surface area contributed by atoms with Crippen LogP contribution >= 0.6 is 11.3 Å². The zero-order valence-electron chi connectivity index (χ0n) is 9.09. The number of rotatable bonds is 2. The largest absolute Gasteiger partial charge is 0.301 e. The van der Waals surface area contributed by atoms with Crippen LogP contribution in [0.4, 0.5) is 0 Å². The van der Waals surface area contributed by atoms with Crippen LogP contribution in [0.5, 0.6) is 0 Å². The molecule has 0 aliphatic rings. The molecule has 0 aliphatic carbocycles. The highest BCUT2D eigenvalue weighted by Crippen LogP contribution is 2.31. The quantitative estimate of drug-likeness (QED) is 0.811. The van der Waals surface area contributed by atoms with Gasteiger partial charge in [0.25, 0.3) is 0 Å². The minimum Gasteiger partial charge on any atom is -0.301 e. The van der Waals surface area contributed by atoms with E-state index < -0.39 is 0 Å². The molecule has 0 amide bonds. The molecule has 0 radical (unpaired) electrons. The minimum atomic E-state index is -0.170. The first-order valence-corrected chi connectivity index (χ1v) is 5.48. The standard InChI is InChI=1S/C11H16N2S/c1-11(2,3)10-6-5-9(14-10)8(7-12)13-4/h5-6,8,13H,1-4H3. The molecule has 0 fully saturated rings. The summed E-state index contributed by atoms with van der Waals surface area (Å²) < 4.78 is 0. The first kappa shape index (κ1) is 11.2. The van der Waals surface area contributed by atoms with Crippen molar-refractivity contribution in [2.24, 2.45) is 0 Å². The van der Waals surface area contributed by atoms with Crippen LogP contribution in [0.15, 0.2) is 12.1 Å². The lowest BCUT2D eigenvalue weighted by atomic mass is 9.95. The molecule has 1 aromatic heterocycles. The smallest absolute Gasteiger partial charge is 0.130 e. The van der Waals surface area contributed by atoms with Crippen LogP contribution in [0.25, 0.3) is 0 Å².